The number of hydrogen-bond acceptors (Lipinski definition) is 3. The monoisotopic (exact) mass is 377 g/mol. The summed E-state index contributed by atoms with van der Waals surface area (Å²) in [6, 6.07) is -0.0807. The fourth-order valence-electron chi connectivity index (χ4n) is 5.03. The van der Waals surface area contributed by atoms with Crippen molar-refractivity contribution in [2.24, 2.45) is 11.8 Å². The molecule has 2 amide bonds. The van der Waals surface area contributed by atoms with E-state index in [-0.39, 0.29) is 17.9 Å². The minimum atomic E-state index is -0.0807. The van der Waals surface area contributed by atoms with E-state index in [2.05, 4.69) is 15.1 Å². The zero-order valence-electron chi connectivity index (χ0n) is 17.3. The van der Waals surface area contributed by atoms with Crippen LogP contribution in [0.15, 0.2) is 0 Å². The first-order valence-electron chi connectivity index (χ1n) is 11.5. The van der Waals surface area contributed by atoms with Crippen molar-refractivity contribution in [3.63, 3.8) is 0 Å². The molecule has 154 valence electrons. The number of nitrogens with one attached hydrogen (secondary N) is 1. The molecule has 0 aromatic rings. The van der Waals surface area contributed by atoms with E-state index in [9.17, 15) is 9.59 Å². The summed E-state index contributed by atoms with van der Waals surface area (Å²) < 4.78 is 0. The molecule has 0 bridgehead atoms. The third-order valence-electron chi connectivity index (χ3n) is 7.01. The van der Waals surface area contributed by atoms with Gasteiger partial charge in [-0.3, -0.25) is 14.5 Å². The summed E-state index contributed by atoms with van der Waals surface area (Å²) in [6.07, 6.45) is 13.1. The topological polar surface area (TPSA) is 52.7 Å². The molecule has 0 aromatic heterocycles. The Bertz CT molecular complexity index is 474. The molecule has 5 nitrogen and oxygen atoms in total. The molecule has 2 saturated heterocycles. The van der Waals surface area contributed by atoms with Gasteiger partial charge in [0, 0.05) is 25.6 Å². The molecular weight excluding hydrogens is 338 g/mol. The Labute approximate surface area is 165 Å². The van der Waals surface area contributed by atoms with Crippen molar-refractivity contribution in [1.82, 2.24) is 15.1 Å². The lowest BCUT2D eigenvalue weighted by molar-refractivity contribution is -0.137. The van der Waals surface area contributed by atoms with Crippen LogP contribution in [-0.4, -0.2) is 60.4 Å². The molecule has 0 aromatic carbocycles. The lowest BCUT2D eigenvalue weighted by Crippen LogP contribution is -2.50. The van der Waals surface area contributed by atoms with Gasteiger partial charge in [0.1, 0.15) is 0 Å². The molecule has 2 aliphatic heterocycles. The molecule has 0 spiro atoms. The summed E-state index contributed by atoms with van der Waals surface area (Å²) >= 11 is 0. The number of nitrogens with zero attached hydrogens (tertiary/aromatic N) is 2. The second-order valence-corrected chi connectivity index (χ2v) is 8.97. The Hall–Kier alpha value is -1.10. The number of amides is 2. The van der Waals surface area contributed by atoms with Gasteiger partial charge in [0.05, 0.1) is 6.04 Å². The van der Waals surface area contributed by atoms with E-state index in [1.54, 1.807) is 0 Å². The quantitative estimate of drug-likeness (QED) is 0.800. The van der Waals surface area contributed by atoms with Crippen LogP contribution in [0.1, 0.15) is 77.6 Å². The Kier molecular flexibility index (Phi) is 7.98. The van der Waals surface area contributed by atoms with Gasteiger partial charge in [0.2, 0.25) is 11.8 Å². The van der Waals surface area contributed by atoms with Crippen LogP contribution < -0.4 is 5.32 Å². The minimum absolute atomic E-state index is 0.0807. The summed E-state index contributed by atoms with van der Waals surface area (Å²) in [5.41, 5.74) is 0. The number of carbonyl (C=O) groups is 2. The van der Waals surface area contributed by atoms with Crippen molar-refractivity contribution < 1.29 is 9.59 Å². The average molecular weight is 378 g/mol. The van der Waals surface area contributed by atoms with Crippen molar-refractivity contribution in [3.05, 3.63) is 0 Å². The van der Waals surface area contributed by atoms with Crippen LogP contribution in [0.2, 0.25) is 0 Å². The zero-order chi connectivity index (χ0) is 19.1. The lowest BCUT2D eigenvalue weighted by Gasteiger charge is -2.36. The van der Waals surface area contributed by atoms with Gasteiger partial charge in [-0.15, -0.1) is 0 Å². The maximum Gasteiger partial charge on any atom is 0.237 e. The van der Waals surface area contributed by atoms with E-state index in [1.807, 2.05) is 6.92 Å². The van der Waals surface area contributed by atoms with Gasteiger partial charge in [0.25, 0.3) is 0 Å². The van der Waals surface area contributed by atoms with Crippen molar-refractivity contribution in [2.75, 3.05) is 32.7 Å². The van der Waals surface area contributed by atoms with E-state index < -0.39 is 0 Å². The van der Waals surface area contributed by atoms with Gasteiger partial charge in [-0.05, 0) is 64.5 Å². The fraction of sp³-hybridized carbons (Fsp3) is 0.909. The molecule has 1 saturated carbocycles. The first kappa shape index (κ1) is 20.6. The van der Waals surface area contributed by atoms with Crippen LogP contribution >= 0.6 is 0 Å². The van der Waals surface area contributed by atoms with Crippen LogP contribution in [-0.2, 0) is 9.59 Å². The standard InChI is InChI=1S/C22H39N3O2/c1-18(21(26)23-17-19-9-5-4-6-10-19)24-15-11-20(12-16-24)22(27)25-13-7-2-3-8-14-25/h18-20H,2-17H2,1H3,(H,23,26). The maximum absolute atomic E-state index is 12.8. The highest BCUT2D eigenvalue weighted by Gasteiger charge is 2.32. The highest BCUT2D eigenvalue weighted by Crippen LogP contribution is 2.24. The van der Waals surface area contributed by atoms with Gasteiger partial charge >= 0.3 is 0 Å². The van der Waals surface area contributed by atoms with E-state index >= 15 is 0 Å². The normalized spacial score (nSPS) is 25.0. The molecule has 1 aliphatic carbocycles. The van der Waals surface area contributed by atoms with E-state index in [0.29, 0.717) is 11.8 Å². The second-order valence-electron chi connectivity index (χ2n) is 8.97. The van der Waals surface area contributed by atoms with E-state index in [4.69, 9.17) is 0 Å². The van der Waals surface area contributed by atoms with Crippen molar-refractivity contribution in [2.45, 2.75) is 83.6 Å². The molecule has 1 unspecified atom stereocenters. The Morgan fingerprint density at radius 3 is 2.07 bits per heavy atom. The van der Waals surface area contributed by atoms with E-state index in [0.717, 1.165) is 58.4 Å². The summed E-state index contributed by atoms with van der Waals surface area (Å²) in [4.78, 5) is 29.8. The SMILES string of the molecule is CC(C(=O)NCC1CCCCC1)N1CCC(C(=O)N2CCCCCC2)CC1. The number of rotatable bonds is 5. The van der Waals surface area contributed by atoms with Gasteiger partial charge in [-0.1, -0.05) is 32.1 Å². The van der Waals surface area contributed by atoms with Crippen molar-refractivity contribution in [1.29, 1.82) is 0 Å². The number of hydrogen-bond donors (Lipinski definition) is 1. The molecule has 3 rings (SSSR count). The summed E-state index contributed by atoms with van der Waals surface area (Å²) in [7, 11) is 0. The number of piperidine rings is 1. The van der Waals surface area contributed by atoms with Crippen molar-refractivity contribution >= 4 is 11.8 Å². The third kappa shape index (κ3) is 5.94. The molecular formula is C22H39N3O2. The molecule has 3 aliphatic rings. The van der Waals surface area contributed by atoms with Crippen LogP contribution in [0.25, 0.3) is 0 Å². The number of likely N-dealkylation sites (tertiary alicyclic amines) is 2. The van der Waals surface area contributed by atoms with Gasteiger partial charge < -0.3 is 10.2 Å². The average Bonchev–Trinajstić information content (AvgIpc) is 3.01. The second kappa shape index (κ2) is 10.4. The summed E-state index contributed by atoms with van der Waals surface area (Å²) in [5.74, 6) is 1.37. The fourth-order valence-corrected chi connectivity index (χ4v) is 5.03. The number of carbonyl (C=O) groups excluding carboxylic acids is 2. The lowest BCUT2D eigenvalue weighted by atomic mass is 9.89. The van der Waals surface area contributed by atoms with Gasteiger partial charge in [0.15, 0.2) is 0 Å². The molecule has 5 heteroatoms. The van der Waals surface area contributed by atoms with Gasteiger partial charge in [-0.2, -0.15) is 0 Å². The van der Waals surface area contributed by atoms with Gasteiger partial charge in [-0.25, -0.2) is 0 Å². The predicted molar refractivity (Wildman–Crippen MR) is 108 cm³/mol. The Morgan fingerprint density at radius 1 is 0.852 bits per heavy atom. The minimum Gasteiger partial charge on any atom is -0.354 e. The summed E-state index contributed by atoms with van der Waals surface area (Å²) in [5, 5.41) is 3.19. The molecule has 1 atom stereocenters. The van der Waals surface area contributed by atoms with Crippen molar-refractivity contribution in [3.8, 4) is 0 Å². The predicted octanol–water partition coefficient (Wildman–Crippen LogP) is 3.19. The smallest absolute Gasteiger partial charge is 0.237 e. The first-order valence-corrected chi connectivity index (χ1v) is 11.5. The van der Waals surface area contributed by atoms with Crippen LogP contribution in [0.5, 0.6) is 0 Å². The molecule has 1 N–H and O–H groups in total. The molecule has 0 radical (unpaired) electrons. The largest absolute Gasteiger partial charge is 0.354 e. The zero-order valence-corrected chi connectivity index (χ0v) is 17.3. The molecule has 27 heavy (non-hydrogen) atoms. The maximum atomic E-state index is 12.8. The molecule has 3 fully saturated rings. The van der Waals surface area contributed by atoms with E-state index in [1.165, 1.54) is 44.9 Å². The summed E-state index contributed by atoms with van der Waals surface area (Å²) in [6.45, 7) is 6.48. The van der Waals surface area contributed by atoms with Crippen LogP contribution in [0.3, 0.4) is 0 Å². The highest BCUT2D eigenvalue weighted by molar-refractivity contribution is 5.81. The van der Waals surface area contributed by atoms with Crippen LogP contribution in [0, 0.1) is 11.8 Å². The Balaban J connectivity index is 1.39. The molecule has 2 heterocycles. The van der Waals surface area contributed by atoms with Crippen LogP contribution in [0.4, 0.5) is 0 Å². The highest BCUT2D eigenvalue weighted by atomic mass is 16.2. The Morgan fingerprint density at radius 2 is 1.44 bits per heavy atom. The third-order valence-corrected chi connectivity index (χ3v) is 7.01. The first-order chi connectivity index (χ1) is 13.1.